The molecule has 0 aromatic heterocycles. The van der Waals surface area contributed by atoms with Crippen molar-refractivity contribution in [1.29, 1.82) is 5.26 Å². The monoisotopic (exact) mass is 152 g/mol. The molecule has 0 saturated carbocycles. The number of hydrogen-bond donors (Lipinski definition) is 3. The summed E-state index contributed by atoms with van der Waals surface area (Å²) >= 11 is 0. The van der Waals surface area contributed by atoms with Crippen LogP contribution >= 0.6 is 0 Å². The van der Waals surface area contributed by atoms with Gasteiger partial charge in [-0.1, -0.05) is 0 Å². The number of nitriles is 1. The van der Waals surface area contributed by atoms with Gasteiger partial charge in [-0.05, 0) is 12.2 Å². The van der Waals surface area contributed by atoms with Crippen LogP contribution in [0.2, 0.25) is 0 Å². The molecule has 0 aliphatic carbocycles. The lowest BCUT2D eigenvalue weighted by Crippen LogP contribution is -2.59. The Kier molecular flexibility index (Phi) is 1.66. The minimum Gasteiger partial charge on any atom is -0.291 e. The van der Waals surface area contributed by atoms with Crippen LogP contribution < -0.4 is 11.5 Å². The molecular formula is C6H8N4O. The van der Waals surface area contributed by atoms with Gasteiger partial charge in [0.15, 0.2) is 5.79 Å². The lowest BCUT2D eigenvalue weighted by molar-refractivity contribution is -0.109. The maximum absolute atomic E-state index is 8.99. The molecule has 1 rings (SSSR count). The standard InChI is InChI=1S/C6H8N4O/c7-4-5-1-2-10(11)6(8,9)3-5/h1-3,11H,8-9H2. The fourth-order valence-electron chi connectivity index (χ4n) is 0.713. The fraction of sp³-hybridized carbons (Fsp3) is 0.167. The number of nitrogens with zero attached hydrogens (tertiary/aromatic N) is 2. The number of rotatable bonds is 0. The summed E-state index contributed by atoms with van der Waals surface area (Å²) in [4.78, 5) is 0. The first-order valence-corrected chi connectivity index (χ1v) is 2.93. The van der Waals surface area contributed by atoms with Crippen LogP contribution in [0.25, 0.3) is 0 Å². The van der Waals surface area contributed by atoms with Crippen LogP contribution in [0.5, 0.6) is 0 Å². The highest BCUT2D eigenvalue weighted by atomic mass is 16.5. The SMILES string of the molecule is N#CC1=CC(N)(N)N(O)C=C1. The summed E-state index contributed by atoms with van der Waals surface area (Å²) in [6, 6.07) is 1.86. The van der Waals surface area contributed by atoms with Crippen LogP contribution in [0, 0.1) is 11.3 Å². The van der Waals surface area contributed by atoms with Crippen LogP contribution in [-0.2, 0) is 0 Å². The van der Waals surface area contributed by atoms with E-state index < -0.39 is 5.79 Å². The van der Waals surface area contributed by atoms with Crippen molar-refractivity contribution in [2.45, 2.75) is 5.79 Å². The molecular weight excluding hydrogens is 144 g/mol. The Balaban J connectivity index is 2.96. The molecule has 58 valence electrons. The van der Waals surface area contributed by atoms with E-state index >= 15 is 0 Å². The van der Waals surface area contributed by atoms with Crippen molar-refractivity contribution in [3.05, 3.63) is 23.9 Å². The van der Waals surface area contributed by atoms with Crippen molar-refractivity contribution >= 4 is 0 Å². The van der Waals surface area contributed by atoms with E-state index in [1.165, 1.54) is 18.4 Å². The second kappa shape index (κ2) is 2.36. The molecule has 5 nitrogen and oxygen atoms in total. The smallest absolute Gasteiger partial charge is 0.186 e. The van der Waals surface area contributed by atoms with E-state index in [4.69, 9.17) is 21.9 Å². The van der Waals surface area contributed by atoms with E-state index in [0.29, 0.717) is 10.6 Å². The van der Waals surface area contributed by atoms with Gasteiger partial charge in [-0.3, -0.25) is 16.7 Å². The third kappa shape index (κ3) is 1.38. The molecule has 0 atom stereocenters. The molecule has 11 heavy (non-hydrogen) atoms. The predicted molar refractivity (Wildman–Crippen MR) is 37.6 cm³/mol. The van der Waals surface area contributed by atoms with Gasteiger partial charge in [0, 0.05) is 6.20 Å². The van der Waals surface area contributed by atoms with Gasteiger partial charge in [-0.15, -0.1) is 0 Å². The van der Waals surface area contributed by atoms with Gasteiger partial charge in [0.25, 0.3) is 0 Å². The van der Waals surface area contributed by atoms with Crippen molar-refractivity contribution < 1.29 is 5.21 Å². The first-order chi connectivity index (χ1) is 5.06. The van der Waals surface area contributed by atoms with Gasteiger partial charge in [0.05, 0.1) is 11.6 Å². The molecule has 0 fully saturated rings. The van der Waals surface area contributed by atoms with E-state index in [0.717, 1.165) is 0 Å². The Morgan fingerprint density at radius 1 is 1.64 bits per heavy atom. The Hall–Kier alpha value is -1.35. The molecule has 1 aliphatic rings. The molecule has 5 heteroatoms. The van der Waals surface area contributed by atoms with Crippen LogP contribution in [-0.4, -0.2) is 16.1 Å². The van der Waals surface area contributed by atoms with Crippen LogP contribution in [0.3, 0.4) is 0 Å². The predicted octanol–water partition coefficient (Wildman–Crippen LogP) is -0.774. The van der Waals surface area contributed by atoms with E-state index in [9.17, 15) is 0 Å². The number of allylic oxidation sites excluding steroid dienone is 2. The zero-order chi connectivity index (χ0) is 8.48. The highest BCUT2D eigenvalue weighted by Gasteiger charge is 2.24. The number of hydrogen-bond acceptors (Lipinski definition) is 5. The average Bonchev–Trinajstić information content (AvgIpc) is 1.95. The molecule has 5 N–H and O–H groups in total. The van der Waals surface area contributed by atoms with E-state index in [1.807, 2.05) is 6.07 Å². The number of nitrogens with two attached hydrogens (primary N) is 2. The maximum Gasteiger partial charge on any atom is 0.186 e. The van der Waals surface area contributed by atoms with Gasteiger partial charge in [-0.2, -0.15) is 5.26 Å². The van der Waals surface area contributed by atoms with E-state index in [2.05, 4.69) is 0 Å². The van der Waals surface area contributed by atoms with Crippen LogP contribution in [0.1, 0.15) is 0 Å². The second-order valence-corrected chi connectivity index (χ2v) is 2.26. The zero-order valence-electron chi connectivity index (χ0n) is 5.73. The molecule has 0 aromatic carbocycles. The topological polar surface area (TPSA) is 99.3 Å². The minimum atomic E-state index is -1.47. The maximum atomic E-state index is 8.99. The number of hydroxylamine groups is 2. The average molecular weight is 152 g/mol. The Morgan fingerprint density at radius 3 is 2.73 bits per heavy atom. The molecule has 1 aliphatic heterocycles. The Bertz CT molecular complexity index is 260. The van der Waals surface area contributed by atoms with Gasteiger partial charge in [0.1, 0.15) is 0 Å². The van der Waals surface area contributed by atoms with Gasteiger partial charge >= 0.3 is 0 Å². The summed E-state index contributed by atoms with van der Waals surface area (Å²) in [5.41, 5.74) is 11.1. The highest BCUT2D eigenvalue weighted by Crippen LogP contribution is 2.12. The van der Waals surface area contributed by atoms with Crippen molar-refractivity contribution in [2.24, 2.45) is 11.5 Å². The molecule has 0 saturated heterocycles. The lowest BCUT2D eigenvalue weighted by atomic mass is 10.1. The van der Waals surface area contributed by atoms with Gasteiger partial charge in [-0.25, -0.2) is 5.06 Å². The summed E-state index contributed by atoms with van der Waals surface area (Å²) in [6.07, 6.45) is 3.92. The van der Waals surface area contributed by atoms with E-state index in [-0.39, 0.29) is 0 Å². The zero-order valence-corrected chi connectivity index (χ0v) is 5.73. The van der Waals surface area contributed by atoms with Crippen molar-refractivity contribution in [3.8, 4) is 6.07 Å². The van der Waals surface area contributed by atoms with Crippen molar-refractivity contribution in [1.82, 2.24) is 5.06 Å². The third-order valence-electron chi connectivity index (χ3n) is 1.31. The Labute approximate surface area is 63.8 Å². The first-order valence-electron chi connectivity index (χ1n) is 2.93. The quantitative estimate of drug-likeness (QED) is 0.396. The highest BCUT2D eigenvalue weighted by molar-refractivity contribution is 5.37. The normalized spacial score (nSPS) is 20.9. The second-order valence-electron chi connectivity index (χ2n) is 2.26. The van der Waals surface area contributed by atoms with Gasteiger partial charge < -0.3 is 0 Å². The van der Waals surface area contributed by atoms with Gasteiger partial charge in [0.2, 0.25) is 0 Å². The van der Waals surface area contributed by atoms with Crippen LogP contribution in [0.15, 0.2) is 23.9 Å². The third-order valence-corrected chi connectivity index (χ3v) is 1.31. The molecule has 0 amide bonds. The van der Waals surface area contributed by atoms with Crippen LogP contribution in [0.4, 0.5) is 0 Å². The minimum absolute atomic E-state index is 0.334. The molecule has 0 radical (unpaired) electrons. The molecule has 0 bridgehead atoms. The molecule has 1 heterocycles. The molecule has 0 spiro atoms. The van der Waals surface area contributed by atoms with Crippen molar-refractivity contribution in [2.75, 3.05) is 0 Å². The molecule has 0 aromatic rings. The summed E-state index contributed by atoms with van der Waals surface area (Å²) in [5.74, 6) is -1.47. The largest absolute Gasteiger partial charge is 0.291 e. The summed E-state index contributed by atoms with van der Waals surface area (Å²) in [6.45, 7) is 0. The summed E-state index contributed by atoms with van der Waals surface area (Å²) < 4.78 is 0. The summed E-state index contributed by atoms with van der Waals surface area (Å²) in [7, 11) is 0. The Morgan fingerprint density at radius 2 is 2.27 bits per heavy atom. The summed E-state index contributed by atoms with van der Waals surface area (Å²) in [5, 5.41) is 18.1. The fourth-order valence-corrected chi connectivity index (χ4v) is 0.713. The van der Waals surface area contributed by atoms with E-state index in [1.54, 1.807) is 0 Å². The first kappa shape index (κ1) is 7.75. The molecule has 0 unspecified atom stereocenters. The van der Waals surface area contributed by atoms with Crippen molar-refractivity contribution in [3.63, 3.8) is 0 Å². The lowest BCUT2D eigenvalue weighted by Gasteiger charge is -2.30.